The second kappa shape index (κ2) is 7.67. The SMILES string of the molecule is CCN(CC(=O)N(C)CC)CC1CCCCN1. The summed E-state index contributed by atoms with van der Waals surface area (Å²) in [6.45, 7) is 8.56. The largest absolute Gasteiger partial charge is 0.345 e. The number of nitrogens with zero attached hydrogens (tertiary/aromatic N) is 2. The highest BCUT2D eigenvalue weighted by Gasteiger charge is 2.18. The molecule has 1 atom stereocenters. The fourth-order valence-electron chi connectivity index (χ4n) is 2.19. The van der Waals surface area contributed by atoms with Gasteiger partial charge >= 0.3 is 0 Å². The molecule has 0 aromatic carbocycles. The summed E-state index contributed by atoms with van der Waals surface area (Å²) in [5, 5.41) is 3.53. The van der Waals surface area contributed by atoms with Crippen LogP contribution in [0.15, 0.2) is 0 Å². The van der Waals surface area contributed by atoms with Gasteiger partial charge < -0.3 is 10.2 Å². The molecule has 4 nitrogen and oxygen atoms in total. The number of carbonyl (C=O) groups excluding carboxylic acids is 1. The van der Waals surface area contributed by atoms with Crippen molar-refractivity contribution in [3.05, 3.63) is 0 Å². The van der Waals surface area contributed by atoms with Gasteiger partial charge in [-0.3, -0.25) is 9.69 Å². The van der Waals surface area contributed by atoms with Gasteiger partial charge in [0.05, 0.1) is 6.54 Å². The van der Waals surface area contributed by atoms with E-state index in [2.05, 4.69) is 17.1 Å². The summed E-state index contributed by atoms with van der Waals surface area (Å²) in [4.78, 5) is 15.9. The molecule has 0 radical (unpaired) electrons. The van der Waals surface area contributed by atoms with Crippen molar-refractivity contribution in [2.75, 3.05) is 39.8 Å². The molecule has 0 saturated carbocycles. The number of rotatable bonds is 6. The van der Waals surface area contributed by atoms with E-state index in [-0.39, 0.29) is 5.91 Å². The minimum Gasteiger partial charge on any atom is -0.345 e. The molecule has 0 aromatic rings. The van der Waals surface area contributed by atoms with E-state index in [1.165, 1.54) is 19.3 Å². The molecule has 17 heavy (non-hydrogen) atoms. The highest BCUT2D eigenvalue weighted by molar-refractivity contribution is 5.77. The Bertz CT molecular complexity index is 227. The minimum absolute atomic E-state index is 0.227. The van der Waals surface area contributed by atoms with E-state index in [9.17, 15) is 4.79 Å². The zero-order valence-corrected chi connectivity index (χ0v) is 11.5. The van der Waals surface area contributed by atoms with E-state index < -0.39 is 0 Å². The van der Waals surface area contributed by atoms with Gasteiger partial charge in [-0.05, 0) is 32.9 Å². The Labute approximate surface area is 105 Å². The summed E-state index contributed by atoms with van der Waals surface area (Å²) in [5.41, 5.74) is 0. The number of hydrogen-bond donors (Lipinski definition) is 1. The van der Waals surface area contributed by atoms with Gasteiger partial charge in [0.15, 0.2) is 0 Å². The van der Waals surface area contributed by atoms with Crippen molar-refractivity contribution in [3.63, 3.8) is 0 Å². The summed E-state index contributed by atoms with van der Waals surface area (Å²) < 4.78 is 0. The molecule has 1 fully saturated rings. The van der Waals surface area contributed by atoms with Crippen molar-refractivity contribution in [1.82, 2.24) is 15.1 Å². The Kier molecular flexibility index (Phi) is 6.52. The molecule has 1 unspecified atom stereocenters. The van der Waals surface area contributed by atoms with Crippen LogP contribution in [0.5, 0.6) is 0 Å². The first kappa shape index (κ1) is 14.5. The fraction of sp³-hybridized carbons (Fsp3) is 0.923. The van der Waals surface area contributed by atoms with Gasteiger partial charge in [0.1, 0.15) is 0 Å². The van der Waals surface area contributed by atoms with Crippen LogP contribution < -0.4 is 5.32 Å². The molecule has 0 aliphatic carbocycles. The lowest BCUT2D eigenvalue weighted by molar-refractivity contribution is -0.130. The van der Waals surface area contributed by atoms with Crippen LogP contribution in [0.25, 0.3) is 0 Å². The van der Waals surface area contributed by atoms with E-state index in [1.54, 1.807) is 4.90 Å². The van der Waals surface area contributed by atoms with Crippen LogP contribution in [0.3, 0.4) is 0 Å². The molecular weight excluding hydrogens is 214 g/mol. The molecule has 1 saturated heterocycles. The molecule has 1 amide bonds. The summed E-state index contributed by atoms with van der Waals surface area (Å²) in [7, 11) is 1.87. The monoisotopic (exact) mass is 241 g/mol. The Hall–Kier alpha value is -0.610. The fourth-order valence-corrected chi connectivity index (χ4v) is 2.19. The molecule has 0 bridgehead atoms. The van der Waals surface area contributed by atoms with Crippen molar-refractivity contribution in [1.29, 1.82) is 0 Å². The Morgan fingerprint density at radius 3 is 2.59 bits per heavy atom. The smallest absolute Gasteiger partial charge is 0.236 e. The van der Waals surface area contributed by atoms with Crippen LogP contribution in [0.2, 0.25) is 0 Å². The van der Waals surface area contributed by atoms with Crippen molar-refractivity contribution in [2.45, 2.75) is 39.2 Å². The Morgan fingerprint density at radius 2 is 2.06 bits per heavy atom. The number of nitrogens with one attached hydrogen (secondary N) is 1. The van der Waals surface area contributed by atoms with Crippen LogP contribution in [0.4, 0.5) is 0 Å². The maximum atomic E-state index is 11.8. The van der Waals surface area contributed by atoms with Gasteiger partial charge in [0.25, 0.3) is 0 Å². The van der Waals surface area contributed by atoms with E-state index in [0.29, 0.717) is 12.6 Å². The predicted molar refractivity (Wildman–Crippen MR) is 71.1 cm³/mol. The number of piperidine rings is 1. The predicted octanol–water partition coefficient (Wildman–Crippen LogP) is 0.929. The lowest BCUT2D eigenvalue weighted by atomic mass is 10.0. The maximum absolute atomic E-state index is 11.8. The summed E-state index contributed by atoms with van der Waals surface area (Å²) in [6, 6.07) is 0.573. The first-order valence-electron chi connectivity index (χ1n) is 6.87. The van der Waals surface area contributed by atoms with Crippen LogP contribution in [0.1, 0.15) is 33.1 Å². The molecule has 1 heterocycles. The summed E-state index contributed by atoms with van der Waals surface area (Å²) in [5.74, 6) is 0.227. The van der Waals surface area contributed by atoms with Crippen LogP contribution in [-0.4, -0.2) is 61.5 Å². The zero-order valence-electron chi connectivity index (χ0n) is 11.5. The standard InChI is InChI=1S/C13H27N3O/c1-4-15(3)13(17)11-16(5-2)10-12-8-6-7-9-14-12/h12,14H,4-11H2,1-3H3. The quantitative estimate of drug-likeness (QED) is 0.751. The third-order valence-corrected chi connectivity index (χ3v) is 3.60. The van der Waals surface area contributed by atoms with E-state index in [1.807, 2.05) is 14.0 Å². The second-order valence-corrected chi connectivity index (χ2v) is 4.88. The number of amides is 1. The van der Waals surface area contributed by atoms with Crippen molar-refractivity contribution >= 4 is 5.91 Å². The Balaban J connectivity index is 2.34. The molecule has 1 aliphatic rings. The third-order valence-electron chi connectivity index (χ3n) is 3.60. The Morgan fingerprint density at radius 1 is 1.29 bits per heavy atom. The first-order valence-corrected chi connectivity index (χ1v) is 6.87. The topological polar surface area (TPSA) is 35.6 Å². The average Bonchev–Trinajstić information content (AvgIpc) is 2.38. The minimum atomic E-state index is 0.227. The first-order chi connectivity index (χ1) is 8.17. The summed E-state index contributed by atoms with van der Waals surface area (Å²) in [6.07, 6.45) is 3.85. The summed E-state index contributed by atoms with van der Waals surface area (Å²) >= 11 is 0. The average molecular weight is 241 g/mol. The van der Waals surface area contributed by atoms with E-state index in [0.717, 1.165) is 26.2 Å². The van der Waals surface area contributed by atoms with E-state index >= 15 is 0 Å². The van der Waals surface area contributed by atoms with Crippen molar-refractivity contribution in [3.8, 4) is 0 Å². The molecule has 1 rings (SSSR count). The van der Waals surface area contributed by atoms with Gasteiger partial charge in [-0.2, -0.15) is 0 Å². The van der Waals surface area contributed by atoms with Crippen LogP contribution in [0, 0.1) is 0 Å². The molecule has 0 spiro atoms. The van der Waals surface area contributed by atoms with Crippen molar-refractivity contribution in [2.24, 2.45) is 0 Å². The maximum Gasteiger partial charge on any atom is 0.236 e. The lowest BCUT2D eigenvalue weighted by Gasteiger charge is -2.30. The van der Waals surface area contributed by atoms with Gasteiger partial charge in [-0.25, -0.2) is 0 Å². The van der Waals surface area contributed by atoms with Gasteiger partial charge in [0, 0.05) is 26.2 Å². The van der Waals surface area contributed by atoms with Gasteiger partial charge in [-0.15, -0.1) is 0 Å². The molecule has 4 heteroatoms. The number of hydrogen-bond acceptors (Lipinski definition) is 3. The molecule has 1 N–H and O–H groups in total. The number of carbonyl (C=O) groups is 1. The lowest BCUT2D eigenvalue weighted by Crippen LogP contribution is -2.46. The van der Waals surface area contributed by atoms with Gasteiger partial charge in [0.2, 0.25) is 5.91 Å². The van der Waals surface area contributed by atoms with Crippen LogP contribution >= 0.6 is 0 Å². The molecule has 0 aromatic heterocycles. The van der Waals surface area contributed by atoms with Crippen LogP contribution in [-0.2, 0) is 4.79 Å². The van der Waals surface area contributed by atoms with Crippen molar-refractivity contribution < 1.29 is 4.79 Å². The van der Waals surface area contributed by atoms with Gasteiger partial charge in [-0.1, -0.05) is 13.3 Å². The van der Waals surface area contributed by atoms with E-state index in [4.69, 9.17) is 0 Å². The number of likely N-dealkylation sites (N-methyl/N-ethyl adjacent to an activating group) is 2. The molecule has 1 aliphatic heterocycles. The third kappa shape index (κ3) is 5.04. The highest BCUT2D eigenvalue weighted by Crippen LogP contribution is 2.08. The highest BCUT2D eigenvalue weighted by atomic mass is 16.2. The molecule has 100 valence electrons. The molecular formula is C13H27N3O. The normalized spacial score (nSPS) is 20.6. The second-order valence-electron chi connectivity index (χ2n) is 4.88. The zero-order chi connectivity index (χ0) is 12.7.